The van der Waals surface area contributed by atoms with Crippen molar-refractivity contribution in [2.45, 2.75) is 44.9 Å². The lowest BCUT2D eigenvalue weighted by Crippen LogP contribution is -2.58. The highest BCUT2D eigenvalue weighted by molar-refractivity contribution is 5.99. The number of hydrogen-bond donors (Lipinski definition) is 2. The SMILES string of the molecule is COc1cc2ccc1CNC(=O)CCc1ccc(OC)c(c1)OCC(=O)N[C@@H]1CN(C(=O)c3cnc(C)nc3-c3ccccc3)CC[C@@H]1O2. The van der Waals surface area contributed by atoms with Gasteiger partial charge in [0, 0.05) is 55.9 Å². The van der Waals surface area contributed by atoms with Crippen LogP contribution in [0.4, 0.5) is 0 Å². The minimum absolute atomic E-state index is 0.116. The molecule has 1 fully saturated rings. The third kappa shape index (κ3) is 7.91. The summed E-state index contributed by atoms with van der Waals surface area (Å²) >= 11 is 0. The standard InChI is InChI=1S/C37H39N5O7/c1-23-38-20-28(36(40-23)25-7-5-4-6-8-25)37(45)42-16-15-30-29(21-42)41-35(44)22-48-33-17-24(9-13-31(33)46-2)10-14-34(43)39-19-26-11-12-27(49-30)18-32(26)47-3/h4-9,11-13,17-18,20,29-30H,10,14-16,19,21-22H2,1-3H3,(H,39,43)(H,41,44)/t29-,30+/m1/s1. The third-order valence-electron chi connectivity index (χ3n) is 8.62. The number of benzene rings is 3. The zero-order valence-electron chi connectivity index (χ0n) is 27.7. The number of rotatable bonds is 4. The molecule has 49 heavy (non-hydrogen) atoms. The molecule has 7 rings (SSSR count). The average molecular weight is 666 g/mol. The summed E-state index contributed by atoms with van der Waals surface area (Å²) in [6.45, 7) is 2.32. The summed E-state index contributed by atoms with van der Waals surface area (Å²) in [7, 11) is 3.08. The van der Waals surface area contributed by atoms with Crippen LogP contribution in [0.5, 0.6) is 23.0 Å². The maximum atomic E-state index is 14.1. The largest absolute Gasteiger partial charge is 0.496 e. The zero-order valence-corrected chi connectivity index (χ0v) is 27.7. The summed E-state index contributed by atoms with van der Waals surface area (Å²) < 4.78 is 23.5. The van der Waals surface area contributed by atoms with Gasteiger partial charge < -0.3 is 34.5 Å². The van der Waals surface area contributed by atoms with Gasteiger partial charge in [-0.3, -0.25) is 14.4 Å². The number of nitrogens with one attached hydrogen (secondary N) is 2. The van der Waals surface area contributed by atoms with Crippen LogP contribution in [-0.4, -0.2) is 78.7 Å². The van der Waals surface area contributed by atoms with E-state index in [1.807, 2.05) is 48.5 Å². The molecule has 4 aromatic rings. The second-order valence-corrected chi connectivity index (χ2v) is 11.9. The molecule has 1 aromatic heterocycles. The lowest BCUT2D eigenvalue weighted by Gasteiger charge is -2.39. The molecular weight excluding hydrogens is 626 g/mol. The fourth-order valence-corrected chi connectivity index (χ4v) is 6.05. The van der Waals surface area contributed by atoms with E-state index in [2.05, 4.69) is 20.6 Å². The number of aryl methyl sites for hydroxylation is 2. The van der Waals surface area contributed by atoms with Crippen molar-refractivity contribution in [1.29, 1.82) is 0 Å². The van der Waals surface area contributed by atoms with E-state index in [4.69, 9.17) is 18.9 Å². The van der Waals surface area contributed by atoms with Crippen molar-refractivity contribution >= 4 is 17.7 Å². The molecule has 12 heteroatoms. The maximum absolute atomic E-state index is 14.1. The van der Waals surface area contributed by atoms with Crippen molar-refractivity contribution in [2.75, 3.05) is 33.9 Å². The number of hydrogen-bond acceptors (Lipinski definition) is 9. The van der Waals surface area contributed by atoms with Crippen molar-refractivity contribution in [3.05, 3.63) is 95.4 Å². The van der Waals surface area contributed by atoms with Gasteiger partial charge in [-0.25, -0.2) is 9.97 Å². The van der Waals surface area contributed by atoms with Crippen LogP contribution < -0.4 is 29.6 Å². The van der Waals surface area contributed by atoms with Crippen molar-refractivity contribution < 1.29 is 33.3 Å². The number of nitrogens with zero attached hydrogens (tertiary/aromatic N) is 3. The molecule has 4 heterocycles. The van der Waals surface area contributed by atoms with Crippen molar-refractivity contribution in [3.63, 3.8) is 0 Å². The zero-order chi connectivity index (χ0) is 34.3. The first-order chi connectivity index (χ1) is 23.8. The number of carbonyl (C=O) groups is 3. The molecule has 3 aliphatic heterocycles. The van der Waals surface area contributed by atoms with E-state index >= 15 is 0 Å². The van der Waals surface area contributed by atoms with Crippen molar-refractivity contribution in [3.8, 4) is 34.3 Å². The van der Waals surface area contributed by atoms with Gasteiger partial charge in [0.15, 0.2) is 18.1 Å². The summed E-state index contributed by atoms with van der Waals surface area (Å²) in [6, 6.07) is 19.7. The monoisotopic (exact) mass is 665 g/mol. The number of ether oxygens (including phenoxy) is 4. The summed E-state index contributed by atoms with van der Waals surface area (Å²) in [6.07, 6.45) is 2.24. The fraction of sp³-hybridized carbons (Fsp3) is 0.324. The molecule has 12 nitrogen and oxygen atoms in total. The van der Waals surface area contributed by atoms with E-state index in [-0.39, 0.29) is 37.9 Å². The third-order valence-corrected chi connectivity index (χ3v) is 8.62. The van der Waals surface area contributed by atoms with Crippen LogP contribution in [0.25, 0.3) is 11.3 Å². The Morgan fingerprint density at radius 2 is 1.78 bits per heavy atom. The first-order valence-electron chi connectivity index (χ1n) is 16.2. The van der Waals surface area contributed by atoms with E-state index in [9.17, 15) is 14.4 Å². The van der Waals surface area contributed by atoms with Crippen molar-refractivity contribution in [1.82, 2.24) is 25.5 Å². The Morgan fingerprint density at radius 1 is 0.959 bits per heavy atom. The van der Waals surface area contributed by atoms with Crippen LogP contribution in [0.1, 0.15) is 40.2 Å². The summed E-state index contributed by atoms with van der Waals surface area (Å²) in [5.74, 6) is 1.74. The van der Waals surface area contributed by atoms with Crippen LogP contribution in [-0.2, 0) is 22.6 Å². The molecule has 3 aliphatic rings. The Bertz CT molecular complexity index is 1830. The summed E-state index contributed by atoms with van der Waals surface area (Å²) in [5, 5.41) is 6.01. The second-order valence-electron chi connectivity index (χ2n) is 11.9. The molecule has 2 atom stereocenters. The van der Waals surface area contributed by atoms with Gasteiger partial charge in [-0.2, -0.15) is 0 Å². The van der Waals surface area contributed by atoms with Crippen LogP contribution in [0.3, 0.4) is 0 Å². The number of methoxy groups -OCH3 is 2. The molecule has 0 radical (unpaired) electrons. The molecule has 0 spiro atoms. The lowest BCUT2D eigenvalue weighted by atomic mass is 9.99. The van der Waals surface area contributed by atoms with Gasteiger partial charge in [0.1, 0.15) is 23.4 Å². The van der Waals surface area contributed by atoms with E-state index in [1.54, 1.807) is 43.3 Å². The minimum atomic E-state index is -0.583. The average Bonchev–Trinajstić information content (AvgIpc) is 3.13. The highest BCUT2D eigenvalue weighted by atomic mass is 16.5. The quantitative estimate of drug-likeness (QED) is 0.332. The molecule has 3 amide bonds. The van der Waals surface area contributed by atoms with Gasteiger partial charge in [-0.05, 0) is 43.2 Å². The van der Waals surface area contributed by atoms with Crippen LogP contribution >= 0.6 is 0 Å². The molecule has 1 saturated heterocycles. The fourth-order valence-electron chi connectivity index (χ4n) is 6.05. The van der Waals surface area contributed by atoms with Crippen LogP contribution in [0.15, 0.2) is 72.9 Å². The molecule has 2 N–H and O–H groups in total. The molecule has 0 aliphatic carbocycles. The number of likely N-dealkylation sites (tertiary alicyclic amines) is 1. The first kappa shape index (κ1) is 33.3. The Hall–Kier alpha value is -5.65. The molecule has 0 saturated carbocycles. The van der Waals surface area contributed by atoms with Gasteiger partial charge in [-0.15, -0.1) is 0 Å². The number of piperidine rings is 1. The number of fused-ring (bicyclic) bond motifs is 9. The smallest absolute Gasteiger partial charge is 0.258 e. The highest BCUT2D eigenvalue weighted by Crippen LogP contribution is 2.31. The second kappa shape index (κ2) is 15.1. The Balaban J connectivity index is 1.29. The van der Waals surface area contributed by atoms with Gasteiger partial charge >= 0.3 is 0 Å². The van der Waals surface area contributed by atoms with E-state index in [1.165, 1.54) is 7.11 Å². The van der Waals surface area contributed by atoms with Crippen LogP contribution in [0.2, 0.25) is 0 Å². The number of amides is 3. The van der Waals surface area contributed by atoms with Gasteiger partial charge in [0.05, 0.1) is 31.5 Å². The maximum Gasteiger partial charge on any atom is 0.258 e. The Labute approximate surface area is 284 Å². The Morgan fingerprint density at radius 3 is 2.57 bits per heavy atom. The van der Waals surface area contributed by atoms with Gasteiger partial charge in [0.2, 0.25) is 5.91 Å². The molecular formula is C37H39N5O7. The first-order valence-corrected chi connectivity index (χ1v) is 16.2. The molecule has 4 bridgehead atoms. The molecule has 3 aromatic carbocycles. The van der Waals surface area contributed by atoms with E-state index in [0.717, 1.165) is 16.7 Å². The minimum Gasteiger partial charge on any atom is -0.496 e. The number of aromatic nitrogens is 2. The van der Waals surface area contributed by atoms with Gasteiger partial charge in [0.25, 0.3) is 11.8 Å². The predicted octanol–water partition coefficient (Wildman–Crippen LogP) is 3.89. The topological polar surface area (TPSA) is 141 Å². The van der Waals surface area contributed by atoms with Gasteiger partial charge in [-0.1, -0.05) is 36.4 Å². The summed E-state index contributed by atoms with van der Waals surface area (Å²) in [4.78, 5) is 50.8. The molecule has 254 valence electrons. The number of carbonyl (C=O) groups excluding carboxylic acids is 3. The van der Waals surface area contributed by atoms with E-state index < -0.39 is 18.1 Å². The lowest BCUT2D eigenvalue weighted by molar-refractivity contribution is -0.125. The highest BCUT2D eigenvalue weighted by Gasteiger charge is 2.36. The molecule has 0 unspecified atom stereocenters. The Kier molecular flexibility index (Phi) is 10.2. The van der Waals surface area contributed by atoms with Crippen molar-refractivity contribution in [2.24, 2.45) is 0 Å². The van der Waals surface area contributed by atoms with Crippen LogP contribution in [0, 0.1) is 6.92 Å². The summed E-state index contributed by atoms with van der Waals surface area (Å²) in [5.41, 5.74) is 3.39. The van der Waals surface area contributed by atoms with E-state index in [0.29, 0.717) is 59.5 Å². The predicted molar refractivity (Wildman–Crippen MR) is 181 cm³/mol. The normalized spacial score (nSPS) is 18.3.